The van der Waals surface area contributed by atoms with Crippen molar-refractivity contribution in [1.29, 1.82) is 0 Å². The van der Waals surface area contributed by atoms with E-state index in [4.69, 9.17) is 5.11 Å². The van der Waals surface area contributed by atoms with E-state index in [1.807, 2.05) is 0 Å². The van der Waals surface area contributed by atoms with Gasteiger partial charge in [-0.2, -0.15) is 0 Å². The van der Waals surface area contributed by atoms with Gasteiger partial charge in [0.1, 0.15) is 11.5 Å². The molecule has 0 saturated carbocycles. The summed E-state index contributed by atoms with van der Waals surface area (Å²) >= 11 is 0. The van der Waals surface area contributed by atoms with Crippen molar-refractivity contribution in [2.75, 3.05) is 7.05 Å². The summed E-state index contributed by atoms with van der Waals surface area (Å²) in [4.78, 5) is 25.6. The molecule has 0 aliphatic rings. The molecule has 4 nitrogen and oxygen atoms in total. The van der Waals surface area contributed by atoms with Gasteiger partial charge in [0.15, 0.2) is 0 Å². The zero-order chi connectivity index (χ0) is 10.4. The van der Waals surface area contributed by atoms with Crippen LogP contribution in [-0.4, -0.2) is 29.6 Å². The number of hydrogen-bond donors (Lipinski definition) is 1. The highest BCUT2D eigenvalue weighted by Gasteiger charge is 2.25. The highest BCUT2D eigenvalue weighted by Crippen LogP contribution is 2.09. The molecule has 0 amide bonds. The van der Waals surface area contributed by atoms with Crippen LogP contribution in [0.3, 0.4) is 0 Å². The molecule has 1 N–H and O–H groups in total. The minimum absolute atomic E-state index is 0.0330. The number of nitrogens with zero attached hydrogens (tertiary/aromatic N) is 1. The van der Waals surface area contributed by atoms with Gasteiger partial charge in [-0.05, 0) is 6.42 Å². The van der Waals surface area contributed by atoms with Crippen LogP contribution in [0.5, 0.6) is 0 Å². The zero-order valence-corrected chi connectivity index (χ0v) is 8.20. The average molecular weight is 185 g/mol. The van der Waals surface area contributed by atoms with Crippen molar-refractivity contribution in [3.63, 3.8) is 0 Å². The molecule has 4 heteroatoms. The Kier molecular flexibility index (Phi) is 4.96. The van der Waals surface area contributed by atoms with Crippen LogP contribution in [0, 0.1) is 5.92 Å². The first kappa shape index (κ1) is 11.8. The summed E-state index contributed by atoms with van der Waals surface area (Å²) in [5.74, 6) is -1.71. The highest BCUT2D eigenvalue weighted by molar-refractivity contribution is 6.40. The van der Waals surface area contributed by atoms with Crippen LogP contribution in [0.15, 0.2) is 4.99 Å². The summed E-state index contributed by atoms with van der Waals surface area (Å²) < 4.78 is 0. The second kappa shape index (κ2) is 5.45. The predicted molar refractivity (Wildman–Crippen MR) is 50.1 cm³/mol. The van der Waals surface area contributed by atoms with E-state index < -0.39 is 11.9 Å². The first-order valence-electron chi connectivity index (χ1n) is 4.31. The van der Waals surface area contributed by atoms with Crippen LogP contribution >= 0.6 is 0 Å². The number of aliphatic carboxylic acids is 1. The van der Waals surface area contributed by atoms with E-state index in [-0.39, 0.29) is 11.5 Å². The van der Waals surface area contributed by atoms with Crippen LogP contribution in [0.4, 0.5) is 0 Å². The van der Waals surface area contributed by atoms with Crippen LogP contribution in [0.1, 0.15) is 26.7 Å². The Bertz CT molecular complexity index is 233. The Morgan fingerprint density at radius 3 is 2.15 bits per heavy atom. The van der Waals surface area contributed by atoms with Crippen molar-refractivity contribution in [2.24, 2.45) is 10.9 Å². The number of ketones is 1. The van der Waals surface area contributed by atoms with Gasteiger partial charge in [-0.3, -0.25) is 9.79 Å². The number of carboxylic acid groups (broad SMARTS) is 1. The average Bonchev–Trinajstić information content (AvgIpc) is 2.12. The van der Waals surface area contributed by atoms with Gasteiger partial charge in [-0.15, -0.1) is 0 Å². The molecule has 0 radical (unpaired) electrons. The summed E-state index contributed by atoms with van der Waals surface area (Å²) in [5.41, 5.74) is -0.0330. The van der Waals surface area contributed by atoms with Crippen LogP contribution in [0.2, 0.25) is 0 Å². The first-order valence-corrected chi connectivity index (χ1v) is 4.31. The molecule has 0 aromatic rings. The monoisotopic (exact) mass is 185 g/mol. The van der Waals surface area contributed by atoms with Gasteiger partial charge in [0.2, 0.25) is 0 Å². The molecule has 0 aliphatic heterocycles. The fourth-order valence-electron chi connectivity index (χ4n) is 1.22. The molecule has 0 spiro atoms. The molecule has 0 aromatic carbocycles. The first-order chi connectivity index (χ1) is 6.08. The Balaban J connectivity index is 4.74. The van der Waals surface area contributed by atoms with E-state index in [2.05, 4.69) is 4.99 Å². The maximum absolute atomic E-state index is 11.3. The lowest BCUT2D eigenvalue weighted by molar-refractivity contribution is -0.131. The summed E-state index contributed by atoms with van der Waals surface area (Å²) in [7, 11) is 1.40. The minimum atomic E-state index is -1.10. The van der Waals surface area contributed by atoms with Gasteiger partial charge in [0.25, 0.3) is 0 Å². The van der Waals surface area contributed by atoms with Gasteiger partial charge in [0, 0.05) is 13.5 Å². The largest absolute Gasteiger partial charge is 0.477 e. The molecule has 0 heterocycles. The molecule has 0 saturated heterocycles. The summed E-state index contributed by atoms with van der Waals surface area (Å²) in [5, 5.41) is 8.74. The Morgan fingerprint density at radius 2 is 1.92 bits per heavy atom. The van der Waals surface area contributed by atoms with E-state index in [1.54, 1.807) is 13.8 Å². The van der Waals surface area contributed by atoms with Gasteiger partial charge in [-0.25, -0.2) is 4.79 Å². The van der Waals surface area contributed by atoms with Crippen LogP contribution in [0.25, 0.3) is 0 Å². The second-order valence-corrected chi connectivity index (χ2v) is 2.69. The molecule has 0 fully saturated rings. The zero-order valence-electron chi connectivity index (χ0n) is 8.20. The van der Waals surface area contributed by atoms with Crippen molar-refractivity contribution >= 4 is 17.5 Å². The quantitative estimate of drug-likeness (QED) is 0.653. The number of rotatable bonds is 5. The molecule has 0 aliphatic carbocycles. The van der Waals surface area contributed by atoms with Gasteiger partial charge in [-0.1, -0.05) is 13.8 Å². The third-order valence-electron chi connectivity index (χ3n) is 1.94. The molecular weight excluding hydrogens is 170 g/mol. The van der Waals surface area contributed by atoms with E-state index in [1.165, 1.54) is 7.05 Å². The molecular formula is C9H15NO3. The Labute approximate surface area is 77.7 Å². The SMILES string of the molecule is CCC(=O)C(CC)C(=NC)C(=O)O. The van der Waals surface area contributed by atoms with Gasteiger partial charge >= 0.3 is 5.97 Å². The van der Waals surface area contributed by atoms with Crippen molar-refractivity contribution < 1.29 is 14.7 Å². The lowest BCUT2D eigenvalue weighted by Crippen LogP contribution is -2.29. The Morgan fingerprint density at radius 1 is 1.38 bits per heavy atom. The van der Waals surface area contributed by atoms with E-state index >= 15 is 0 Å². The lowest BCUT2D eigenvalue weighted by atomic mass is 9.94. The summed E-state index contributed by atoms with van der Waals surface area (Å²) in [6.07, 6.45) is 0.844. The van der Waals surface area contributed by atoms with E-state index in [9.17, 15) is 9.59 Å². The summed E-state index contributed by atoms with van der Waals surface area (Å²) in [6, 6.07) is 0. The highest BCUT2D eigenvalue weighted by atomic mass is 16.4. The van der Waals surface area contributed by atoms with Gasteiger partial charge < -0.3 is 5.11 Å². The van der Waals surface area contributed by atoms with Crippen molar-refractivity contribution in [2.45, 2.75) is 26.7 Å². The number of carbonyl (C=O) groups is 2. The molecule has 74 valence electrons. The maximum atomic E-state index is 11.3. The molecule has 1 unspecified atom stereocenters. The predicted octanol–water partition coefficient (Wildman–Crippen LogP) is 1.15. The fraction of sp³-hybridized carbons (Fsp3) is 0.667. The minimum Gasteiger partial charge on any atom is -0.477 e. The smallest absolute Gasteiger partial charge is 0.350 e. The molecule has 0 bridgehead atoms. The normalized spacial score (nSPS) is 13.9. The molecule has 0 rings (SSSR count). The lowest BCUT2D eigenvalue weighted by Gasteiger charge is -2.11. The number of carboxylic acids is 1. The topological polar surface area (TPSA) is 66.7 Å². The Hall–Kier alpha value is -1.19. The van der Waals surface area contributed by atoms with Crippen molar-refractivity contribution in [3.8, 4) is 0 Å². The van der Waals surface area contributed by atoms with Gasteiger partial charge in [0.05, 0.1) is 5.92 Å². The fourth-order valence-corrected chi connectivity index (χ4v) is 1.22. The second-order valence-electron chi connectivity index (χ2n) is 2.69. The molecule has 1 atom stereocenters. The van der Waals surface area contributed by atoms with E-state index in [0.717, 1.165) is 0 Å². The van der Waals surface area contributed by atoms with Crippen molar-refractivity contribution in [1.82, 2.24) is 0 Å². The molecule has 13 heavy (non-hydrogen) atoms. The maximum Gasteiger partial charge on any atom is 0.350 e. The van der Waals surface area contributed by atoms with E-state index in [0.29, 0.717) is 12.8 Å². The van der Waals surface area contributed by atoms with Crippen LogP contribution < -0.4 is 0 Å². The standard InChI is InChI=1S/C9H15NO3/c1-4-6(7(11)5-2)8(10-3)9(12)13/h6H,4-5H2,1-3H3,(H,12,13). The molecule has 0 aromatic heterocycles. The third kappa shape index (κ3) is 2.97. The number of aliphatic imine (C=N–C) groups is 1. The third-order valence-corrected chi connectivity index (χ3v) is 1.94. The number of Topliss-reactive ketones (excluding diaryl/α,β-unsaturated/α-hetero) is 1. The summed E-state index contributed by atoms with van der Waals surface area (Å²) in [6.45, 7) is 3.51. The number of hydrogen-bond acceptors (Lipinski definition) is 3. The number of carbonyl (C=O) groups excluding carboxylic acids is 1. The van der Waals surface area contributed by atoms with Crippen LogP contribution in [-0.2, 0) is 9.59 Å². The van der Waals surface area contributed by atoms with Crippen molar-refractivity contribution in [3.05, 3.63) is 0 Å².